The fourth-order valence-corrected chi connectivity index (χ4v) is 3.24. The van der Waals surface area contributed by atoms with Gasteiger partial charge in [0.25, 0.3) is 0 Å². The van der Waals surface area contributed by atoms with Crippen molar-refractivity contribution in [1.29, 1.82) is 0 Å². The van der Waals surface area contributed by atoms with Crippen LogP contribution in [0.15, 0.2) is 48.7 Å². The lowest BCUT2D eigenvalue weighted by Crippen LogP contribution is -2.10. The molecule has 2 aromatic heterocycles. The van der Waals surface area contributed by atoms with E-state index in [1.54, 1.807) is 19.2 Å². The number of halogens is 1. The van der Waals surface area contributed by atoms with Crippen molar-refractivity contribution in [3.63, 3.8) is 0 Å². The Morgan fingerprint density at radius 3 is 2.59 bits per heavy atom. The molecule has 0 bridgehead atoms. The molecule has 0 aliphatic rings. The molecule has 3 N–H and O–H groups in total. The fourth-order valence-electron chi connectivity index (χ4n) is 2.97. The number of hydrogen-bond donors (Lipinski definition) is 2. The van der Waals surface area contributed by atoms with Crippen LogP contribution < -0.4 is 5.73 Å². The minimum absolute atomic E-state index is 0.125. The zero-order valence-electron chi connectivity index (χ0n) is 14.5. The zero-order valence-corrected chi connectivity index (χ0v) is 15.3. The van der Waals surface area contributed by atoms with Gasteiger partial charge in [0.2, 0.25) is 0 Å². The van der Waals surface area contributed by atoms with Crippen LogP contribution in [-0.2, 0) is 0 Å². The summed E-state index contributed by atoms with van der Waals surface area (Å²) < 4.78 is 0. The van der Waals surface area contributed by atoms with E-state index in [0.717, 1.165) is 22.0 Å². The summed E-state index contributed by atoms with van der Waals surface area (Å²) in [5.41, 5.74) is 9.72. The molecule has 27 heavy (non-hydrogen) atoms. The van der Waals surface area contributed by atoms with Crippen molar-refractivity contribution in [3.05, 3.63) is 59.4 Å². The number of benzene rings is 2. The number of carbonyl (C=O) groups excluding carboxylic acids is 1. The van der Waals surface area contributed by atoms with E-state index in [-0.39, 0.29) is 17.3 Å². The highest BCUT2D eigenvalue weighted by Gasteiger charge is 2.20. The van der Waals surface area contributed by atoms with Crippen LogP contribution >= 0.6 is 11.6 Å². The van der Waals surface area contributed by atoms with Gasteiger partial charge in [0.1, 0.15) is 5.69 Å². The standard InChI is InChI=1S/C20H16ClN5O/c1-2-15(27)19-20(22)25-17(11-6-4-3-5-7-11)18(24-19)12-8-13-10-23-26-16(13)14(21)9-12/h3-10H,2H2,1H3,(H2,22,25)(H,23,26). The molecule has 0 aliphatic carbocycles. The normalized spacial score (nSPS) is 11.0. The smallest absolute Gasteiger partial charge is 0.184 e. The molecule has 2 aromatic carbocycles. The largest absolute Gasteiger partial charge is 0.382 e. The lowest BCUT2D eigenvalue weighted by atomic mass is 10.0. The molecular formula is C20H16ClN5O. The van der Waals surface area contributed by atoms with Crippen molar-refractivity contribution >= 4 is 34.1 Å². The number of nitrogens with two attached hydrogens (primary N) is 1. The van der Waals surface area contributed by atoms with Crippen molar-refractivity contribution in [2.45, 2.75) is 13.3 Å². The number of H-pyrrole nitrogens is 1. The van der Waals surface area contributed by atoms with Gasteiger partial charge in [-0.25, -0.2) is 9.97 Å². The summed E-state index contributed by atoms with van der Waals surface area (Å²) in [5.74, 6) is -0.0312. The molecule has 0 spiro atoms. The van der Waals surface area contributed by atoms with Crippen LogP contribution in [0, 0.1) is 0 Å². The summed E-state index contributed by atoms with van der Waals surface area (Å²) in [7, 11) is 0. The summed E-state index contributed by atoms with van der Waals surface area (Å²) >= 11 is 6.40. The molecule has 6 nitrogen and oxygen atoms in total. The molecule has 0 aliphatic heterocycles. The summed E-state index contributed by atoms with van der Waals surface area (Å²) in [6.45, 7) is 1.77. The third kappa shape index (κ3) is 3.04. The Hall–Kier alpha value is -3.25. The Labute approximate surface area is 160 Å². The second-order valence-corrected chi connectivity index (χ2v) is 6.50. The number of aromatic nitrogens is 4. The van der Waals surface area contributed by atoms with Crippen molar-refractivity contribution in [1.82, 2.24) is 20.2 Å². The van der Waals surface area contributed by atoms with Gasteiger partial charge >= 0.3 is 0 Å². The highest BCUT2D eigenvalue weighted by molar-refractivity contribution is 6.35. The van der Waals surface area contributed by atoms with E-state index in [9.17, 15) is 4.79 Å². The first-order valence-electron chi connectivity index (χ1n) is 8.47. The van der Waals surface area contributed by atoms with Gasteiger partial charge in [0, 0.05) is 22.9 Å². The highest BCUT2D eigenvalue weighted by atomic mass is 35.5. The number of aromatic amines is 1. The predicted octanol–water partition coefficient (Wildman–Crippen LogP) is 4.52. The monoisotopic (exact) mass is 377 g/mol. The van der Waals surface area contributed by atoms with Gasteiger partial charge in [-0.15, -0.1) is 0 Å². The number of rotatable bonds is 4. The molecule has 4 rings (SSSR count). The molecule has 0 radical (unpaired) electrons. The maximum Gasteiger partial charge on any atom is 0.184 e. The average molecular weight is 378 g/mol. The molecule has 0 unspecified atom stereocenters. The van der Waals surface area contributed by atoms with Crippen LogP contribution in [0.25, 0.3) is 33.4 Å². The minimum Gasteiger partial charge on any atom is -0.382 e. The Morgan fingerprint density at radius 2 is 1.85 bits per heavy atom. The van der Waals surface area contributed by atoms with E-state index in [2.05, 4.69) is 20.2 Å². The van der Waals surface area contributed by atoms with Gasteiger partial charge in [-0.05, 0) is 12.1 Å². The Kier molecular flexibility index (Phi) is 4.33. The van der Waals surface area contributed by atoms with Gasteiger partial charge in [-0.2, -0.15) is 5.10 Å². The minimum atomic E-state index is -0.156. The summed E-state index contributed by atoms with van der Waals surface area (Å²) in [4.78, 5) is 21.4. The summed E-state index contributed by atoms with van der Waals surface area (Å²) in [5, 5.41) is 8.26. The van der Waals surface area contributed by atoms with Crippen LogP contribution in [0.1, 0.15) is 23.8 Å². The number of ketones is 1. The lowest BCUT2D eigenvalue weighted by molar-refractivity contribution is 0.0984. The number of fused-ring (bicyclic) bond motifs is 1. The van der Waals surface area contributed by atoms with E-state index in [0.29, 0.717) is 22.8 Å². The SMILES string of the molecule is CCC(=O)c1nc(-c2cc(Cl)c3[nH]ncc3c2)c(-c2ccccc2)nc1N. The summed E-state index contributed by atoms with van der Waals surface area (Å²) in [6.07, 6.45) is 1.99. The Balaban J connectivity index is 2.02. The van der Waals surface area contributed by atoms with Crippen molar-refractivity contribution in [2.75, 3.05) is 5.73 Å². The fraction of sp³-hybridized carbons (Fsp3) is 0.100. The van der Waals surface area contributed by atoms with Gasteiger partial charge in [0.15, 0.2) is 11.6 Å². The molecular weight excluding hydrogens is 362 g/mol. The maximum atomic E-state index is 12.3. The van der Waals surface area contributed by atoms with Gasteiger partial charge in [0.05, 0.1) is 28.1 Å². The first kappa shape index (κ1) is 17.2. The highest BCUT2D eigenvalue weighted by Crippen LogP contribution is 2.34. The van der Waals surface area contributed by atoms with Gasteiger partial charge in [-0.1, -0.05) is 48.9 Å². The number of hydrogen-bond acceptors (Lipinski definition) is 5. The molecule has 0 saturated carbocycles. The van der Waals surface area contributed by atoms with E-state index in [4.69, 9.17) is 17.3 Å². The summed E-state index contributed by atoms with van der Waals surface area (Å²) in [6, 6.07) is 13.3. The number of nitrogens with one attached hydrogen (secondary N) is 1. The first-order valence-corrected chi connectivity index (χ1v) is 8.85. The molecule has 0 saturated heterocycles. The third-order valence-corrected chi connectivity index (χ3v) is 4.63. The second kappa shape index (κ2) is 6.81. The van der Waals surface area contributed by atoms with Crippen LogP contribution in [0.2, 0.25) is 5.02 Å². The predicted molar refractivity (Wildman–Crippen MR) is 107 cm³/mol. The average Bonchev–Trinajstić information content (AvgIpc) is 3.17. The number of nitrogen functional groups attached to an aromatic ring is 1. The quantitative estimate of drug-likeness (QED) is 0.510. The molecule has 134 valence electrons. The molecule has 0 amide bonds. The molecule has 4 aromatic rings. The van der Waals surface area contributed by atoms with E-state index >= 15 is 0 Å². The van der Waals surface area contributed by atoms with E-state index in [1.165, 1.54) is 0 Å². The number of Topliss-reactive ketones (excluding diaryl/α,β-unsaturated/α-hetero) is 1. The van der Waals surface area contributed by atoms with Crippen molar-refractivity contribution < 1.29 is 4.79 Å². The number of carbonyl (C=O) groups is 1. The lowest BCUT2D eigenvalue weighted by Gasteiger charge is -2.13. The maximum absolute atomic E-state index is 12.3. The zero-order chi connectivity index (χ0) is 19.0. The molecule has 0 fully saturated rings. The van der Waals surface area contributed by atoms with E-state index in [1.807, 2.05) is 36.4 Å². The molecule has 7 heteroatoms. The van der Waals surface area contributed by atoms with Gasteiger partial charge in [-0.3, -0.25) is 9.89 Å². The Morgan fingerprint density at radius 1 is 1.11 bits per heavy atom. The second-order valence-electron chi connectivity index (χ2n) is 6.09. The number of anilines is 1. The first-order chi connectivity index (χ1) is 13.1. The van der Waals surface area contributed by atoms with Crippen LogP contribution in [-0.4, -0.2) is 25.9 Å². The third-order valence-electron chi connectivity index (χ3n) is 4.33. The topological polar surface area (TPSA) is 97.5 Å². The van der Waals surface area contributed by atoms with Crippen LogP contribution in [0.5, 0.6) is 0 Å². The van der Waals surface area contributed by atoms with Gasteiger partial charge < -0.3 is 5.73 Å². The number of nitrogens with zero attached hydrogens (tertiary/aromatic N) is 3. The van der Waals surface area contributed by atoms with Crippen molar-refractivity contribution in [2.24, 2.45) is 0 Å². The Bertz CT molecular complexity index is 1150. The molecule has 2 heterocycles. The van der Waals surface area contributed by atoms with Crippen LogP contribution in [0.3, 0.4) is 0 Å². The van der Waals surface area contributed by atoms with Crippen LogP contribution in [0.4, 0.5) is 5.82 Å². The molecule has 0 atom stereocenters. The van der Waals surface area contributed by atoms with Crippen molar-refractivity contribution in [3.8, 4) is 22.5 Å². The van der Waals surface area contributed by atoms with E-state index < -0.39 is 0 Å².